The van der Waals surface area contributed by atoms with E-state index in [1.165, 1.54) is 33.3 Å². The van der Waals surface area contributed by atoms with Crippen LogP contribution in [0.5, 0.6) is 0 Å². The van der Waals surface area contributed by atoms with Gasteiger partial charge in [0.25, 0.3) is 5.91 Å². The fourth-order valence-corrected chi connectivity index (χ4v) is 9.78. The zero-order valence-electron chi connectivity index (χ0n) is 13.7. The number of nitrogens with one attached hydrogen (secondary N) is 1. The molecule has 3 heterocycles. The molecule has 8 heteroatoms. The van der Waals surface area contributed by atoms with Crippen LogP contribution in [0.25, 0.3) is 0 Å². The number of nitrogens with zero attached hydrogens (tertiary/aromatic N) is 1. The van der Waals surface area contributed by atoms with E-state index < -0.39 is 0 Å². The summed E-state index contributed by atoms with van der Waals surface area (Å²) in [5.74, 6) is 2.35. The molecule has 1 saturated heterocycles. The van der Waals surface area contributed by atoms with Crippen molar-refractivity contribution in [3.05, 3.63) is 38.4 Å². The molecule has 0 aromatic carbocycles. The number of amides is 1. The molecule has 0 bridgehead atoms. The van der Waals surface area contributed by atoms with Gasteiger partial charge in [-0.3, -0.25) is 4.79 Å². The standard InChI is InChI=1S/C17H18N2OS5/c1-21-16-13-12(5-2-6-17(13)23-8-9-24-17)14(25-16)15(20)19-18-10-11-4-3-7-22-11/h3-4,7,10H,2,5-6,8-9H2,1H3,(H,19,20). The van der Waals surface area contributed by atoms with Gasteiger partial charge in [0.2, 0.25) is 0 Å². The lowest BCUT2D eigenvalue weighted by atomic mass is 9.92. The van der Waals surface area contributed by atoms with Gasteiger partial charge < -0.3 is 0 Å². The summed E-state index contributed by atoms with van der Waals surface area (Å²) < 4.78 is 1.49. The number of hydrogen-bond donors (Lipinski definition) is 1. The molecule has 0 saturated carbocycles. The number of carbonyl (C=O) groups excluding carboxylic acids is 1. The van der Waals surface area contributed by atoms with Gasteiger partial charge in [0.15, 0.2) is 0 Å². The summed E-state index contributed by atoms with van der Waals surface area (Å²) in [6.07, 6.45) is 7.22. The minimum atomic E-state index is -0.0700. The normalized spacial score (nSPS) is 18.8. The highest BCUT2D eigenvalue weighted by Crippen LogP contribution is 2.61. The summed E-state index contributed by atoms with van der Waals surface area (Å²) in [7, 11) is 0. The summed E-state index contributed by atoms with van der Waals surface area (Å²) >= 11 is 9.18. The van der Waals surface area contributed by atoms with E-state index in [0.29, 0.717) is 0 Å². The van der Waals surface area contributed by atoms with E-state index in [4.69, 9.17) is 0 Å². The minimum Gasteiger partial charge on any atom is -0.266 e. The molecule has 1 amide bonds. The summed E-state index contributed by atoms with van der Waals surface area (Å²) in [5.41, 5.74) is 5.44. The van der Waals surface area contributed by atoms with Crippen LogP contribution in [0.3, 0.4) is 0 Å². The zero-order chi connectivity index (χ0) is 17.3. The maximum atomic E-state index is 12.7. The molecule has 1 fully saturated rings. The van der Waals surface area contributed by atoms with Crippen LogP contribution in [0.15, 0.2) is 26.8 Å². The Bertz CT molecular complexity index is 790. The average Bonchev–Trinajstić information content (AvgIpc) is 3.35. The topological polar surface area (TPSA) is 41.5 Å². The van der Waals surface area contributed by atoms with Gasteiger partial charge in [0.05, 0.1) is 19.4 Å². The molecule has 1 N–H and O–H groups in total. The first-order valence-electron chi connectivity index (χ1n) is 8.08. The van der Waals surface area contributed by atoms with Crippen LogP contribution in [-0.2, 0) is 10.5 Å². The number of hydrogen-bond acceptors (Lipinski definition) is 7. The first-order chi connectivity index (χ1) is 12.2. The predicted molar refractivity (Wildman–Crippen MR) is 115 cm³/mol. The van der Waals surface area contributed by atoms with Gasteiger partial charge in [-0.2, -0.15) is 5.10 Å². The van der Waals surface area contributed by atoms with Crippen LogP contribution < -0.4 is 5.43 Å². The summed E-state index contributed by atoms with van der Waals surface area (Å²) in [5, 5.41) is 6.14. The molecular formula is C17H18N2OS5. The van der Waals surface area contributed by atoms with Crippen molar-refractivity contribution >= 4 is 70.1 Å². The van der Waals surface area contributed by atoms with Crippen molar-refractivity contribution in [1.82, 2.24) is 5.43 Å². The lowest BCUT2D eigenvalue weighted by Crippen LogP contribution is -2.24. The summed E-state index contributed by atoms with van der Waals surface area (Å²) in [4.78, 5) is 14.6. The summed E-state index contributed by atoms with van der Waals surface area (Å²) in [6.45, 7) is 0. The molecule has 4 rings (SSSR count). The van der Waals surface area contributed by atoms with Gasteiger partial charge >= 0.3 is 0 Å². The minimum absolute atomic E-state index is 0.0700. The number of fused-ring (bicyclic) bond motifs is 2. The van der Waals surface area contributed by atoms with Crippen LogP contribution in [0.2, 0.25) is 0 Å². The fourth-order valence-electron chi connectivity index (χ4n) is 3.33. The molecule has 3 nitrogen and oxygen atoms in total. The van der Waals surface area contributed by atoms with E-state index >= 15 is 0 Å². The van der Waals surface area contributed by atoms with Crippen LogP contribution in [0.4, 0.5) is 0 Å². The Labute approximate surface area is 168 Å². The number of thioether (sulfide) groups is 3. The van der Waals surface area contributed by atoms with E-state index in [9.17, 15) is 4.79 Å². The molecule has 132 valence electrons. The van der Waals surface area contributed by atoms with Gasteiger partial charge in [-0.25, -0.2) is 5.43 Å². The highest BCUT2D eigenvalue weighted by molar-refractivity contribution is 8.20. The lowest BCUT2D eigenvalue weighted by molar-refractivity contribution is 0.0958. The molecule has 2 aromatic heterocycles. The molecule has 2 aromatic rings. The average molecular weight is 427 g/mol. The van der Waals surface area contributed by atoms with Crippen molar-refractivity contribution in [2.45, 2.75) is 27.6 Å². The van der Waals surface area contributed by atoms with Crippen molar-refractivity contribution in [3.63, 3.8) is 0 Å². The first kappa shape index (κ1) is 18.0. The van der Waals surface area contributed by atoms with E-state index in [1.807, 2.05) is 17.5 Å². The van der Waals surface area contributed by atoms with Crippen LogP contribution in [0, 0.1) is 0 Å². The van der Waals surface area contributed by atoms with Gasteiger partial charge in [0, 0.05) is 21.9 Å². The Balaban J connectivity index is 1.62. The van der Waals surface area contributed by atoms with Gasteiger partial charge in [-0.15, -0.1) is 58.0 Å². The van der Waals surface area contributed by atoms with Crippen LogP contribution in [0.1, 0.15) is 38.5 Å². The maximum Gasteiger partial charge on any atom is 0.281 e. The number of rotatable bonds is 4. The molecular weight excluding hydrogens is 409 g/mol. The Hall–Kier alpha value is -0.410. The molecule has 0 atom stereocenters. The van der Waals surface area contributed by atoms with Crippen LogP contribution >= 0.6 is 58.0 Å². The number of carbonyl (C=O) groups is 1. The lowest BCUT2D eigenvalue weighted by Gasteiger charge is -2.33. The molecule has 1 aliphatic heterocycles. The third-order valence-corrected chi connectivity index (χ3v) is 11.0. The number of hydrazone groups is 1. The second-order valence-corrected chi connectivity index (χ2v) is 11.9. The van der Waals surface area contributed by atoms with Gasteiger partial charge in [0.1, 0.15) is 0 Å². The molecule has 25 heavy (non-hydrogen) atoms. The van der Waals surface area contributed by atoms with Crippen molar-refractivity contribution in [1.29, 1.82) is 0 Å². The fraction of sp³-hybridized carbons (Fsp3) is 0.412. The Kier molecular flexibility index (Phi) is 5.52. The smallest absolute Gasteiger partial charge is 0.266 e. The van der Waals surface area contributed by atoms with Crippen molar-refractivity contribution in [2.24, 2.45) is 5.10 Å². The quantitative estimate of drug-likeness (QED) is 0.411. The van der Waals surface area contributed by atoms with E-state index in [2.05, 4.69) is 40.3 Å². The third-order valence-electron chi connectivity index (χ3n) is 4.33. The molecule has 2 aliphatic rings. The van der Waals surface area contributed by atoms with Gasteiger partial charge in [-0.1, -0.05) is 6.07 Å². The Morgan fingerprint density at radius 3 is 2.96 bits per heavy atom. The Morgan fingerprint density at radius 1 is 1.40 bits per heavy atom. The van der Waals surface area contributed by atoms with E-state index in [1.54, 1.807) is 40.7 Å². The van der Waals surface area contributed by atoms with E-state index in [0.717, 1.165) is 22.6 Å². The highest BCUT2D eigenvalue weighted by atomic mass is 32.2. The second-order valence-electron chi connectivity index (χ2n) is 5.79. The Morgan fingerprint density at radius 2 is 2.24 bits per heavy atom. The summed E-state index contributed by atoms with van der Waals surface area (Å²) in [6, 6.07) is 3.96. The molecule has 0 radical (unpaired) electrons. The molecule has 0 unspecified atom stereocenters. The number of thiophene rings is 2. The largest absolute Gasteiger partial charge is 0.281 e. The first-order valence-corrected chi connectivity index (χ1v) is 13.0. The maximum absolute atomic E-state index is 12.7. The zero-order valence-corrected chi connectivity index (χ0v) is 17.8. The van der Waals surface area contributed by atoms with Crippen molar-refractivity contribution in [2.75, 3.05) is 17.8 Å². The van der Waals surface area contributed by atoms with E-state index in [-0.39, 0.29) is 9.99 Å². The highest BCUT2D eigenvalue weighted by Gasteiger charge is 2.45. The molecule has 1 spiro atoms. The van der Waals surface area contributed by atoms with Crippen molar-refractivity contribution < 1.29 is 4.79 Å². The SMILES string of the molecule is CSc1sc(C(=O)NN=Cc2cccs2)c2c1C1(CCC2)SCCS1. The second kappa shape index (κ2) is 7.68. The van der Waals surface area contributed by atoms with Crippen LogP contribution in [-0.4, -0.2) is 29.9 Å². The molecule has 1 aliphatic carbocycles. The van der Waals surface area contributed by atoms with Crippen molar-refractivity contribution in [3.8, 4) is 0 Å². The monoisotopic (exact) mass is 426 g/mol. The predicted octanol–water partition coefficient (Wildman–Crippen LogP) is 5.26. The van der Waals surface area contributed by atoms with Gasteiger partial charge in [-0.05, 0) is 42.5 Å². The third kappa shape index (κ3) is 3.43.